The lowest BCUT2D eigenvalue weighted by atomic mass is 10.1. The molecule has 1 heterocycles. The summed E-state index contributed by atoms with van der Waals surface area (Å²) in [4.78, 5) is 12.6. The van der Waals surface area contributed by atoms with Gasteiger partial charge in [0.15, 0.2) is 5.78 Å². The maximum Gasteiger partial charge on any atom is 0.161 e. The number of nitrogens with zero attached hydrogens (tertiary/aromatic N) is 2. The summed E-state index contributed by atoms with van der Waals surface area (Å²) in [5, 5.41) is 4.01. The van der Waals surface area contributed by atoms with Crippen molar-refractivity contribution in [3.63, 3.8) is 0 Å². The highest BCUT2D eigenvalue weighted by molar-refractivity contribution is 7.99. The molecule has 0 saturated carbocycles. The van der Waals surface area contributed by atoms with E-state index >= 15 is 0 Å². The molecule has 0 radical (unpaired) electrons. The van der Waals surface area contributed by atoms with Crippen molar-refractivity contribution in [3.05, 3.63) is 42.0 Å². The van der Waals surface area contributed by atoms with Crippen LogP contribution in [0.15, 0.2) is 40.4 Å². The van der Waals surface area contributed by atoms with Crippen molar-refractivity contribution >= 4 is 17.5 Å². The molecule has 88 valence electrons. The number of halogens is 1. The predicted octanol–water partition coefficient (Wildman–Crippen LogP) is 2.91. The number of ketones is 1. The zero-order valence-corrected chi connectivity index (χ0v) is 10.3. The molecule has 1 aromatic heterocycles. The number of hydrogen-bond donors (Lipinski definition) is 0. The fourth-order valence-corrected chi connectivity index (χ4v) is 2.49. The first kappa shape index (κ1) is 11.9. The second-order valence-electron chi connectivity index (χ2n) is 3.62. The monoisotopic (exact) mass is 250 g/mol. The molecule has 17 heavy (non-hydrogen) atoms. The van der Waals surface area contributed by atoms with E-state index in [9.17, 15) is 9.18 Å². The van der Waals surface area contributed by atoms with Crippen LogP contribution in [0.5, 0.6) is 0 Å². The van der Waals surface area contributed by atoms with Gasteiger partial charge < -0.3 is 0 Å². The molecule has 1 aromatic carbocycles. The maximum absolute atomic E-state index is 13.7. The second-order valence-corrected chi connectivity index (χ2v) is 4.71. The molecule has 0 aliphatic rings. The van der Waals surface area contributed by atoms with Crippen LogP contribution < -0.4 is 0 Å². The number of hydrogen-bond acceptors (Lipinski definition) is 3. The van der Waals surface area contributed by atoms with E-state index in [-0.39, 0.29) is 11.6 Å². The summed E-state index contributed by atoms with van der Waals surface area (Å²) >= 11 is 1.21. The van der Waals surface area contributed by atoms with Crippen LogP contribution in [0.4, 0.5) is 4.39 Å². The van der Waals surface area contributed by atoms with Gasteiger partial charge in [-0.2, -0.15) is 5.10 Å². The van der Waals surface area contributed by atoms with Gasteiger partial charge in [-0.3, -0.25) is 9.48 Å². The molecule has 0 saturated heterocycles. The minimum atomic E-state index is -0.383. The van der Waals surface area contributed by atoms with Gasteiger partial charge >= 0.3 is 0 Å². The van der Waals surface area contributed by atoms with Crippen LogP contribution in [0.1, 0.15) is 17.3 Å². The average Bonchev–Trinajstić information content (AvgIpc) is 2.67. The average molecular weight is 250 g/mol. The number of aryl methyl sites for hydroxylation is 1. The topological polar surface area (TPSA) is 34.9 Å². The summed E-state index contributed by atoms with van der Waals surface area (Å²) in [5.74, 6) is -0.526. The van der Waals surface area contributed by atoms with E-state index in [1.807, 2.05) is 0 Å². The normalized spacial score (nSPS) is 10.5. The Morgan fingerprint density at radius 1 is 1.47 bits per heavy atom. The number of rotatable bonds is 3. The van der Waals surface area contributed by atoms with Crippen molar-refractivity contribution in [2.24, 2.45) is 7.05 Å². The Hall–Kier alpha value is -1.62. The van der Waals surface area contributed by atoms with Gasteiger partial charge in [-0.15, -0.1) is 0 Å². The molecule has 0 fully saturated rings. The van der Waals surface area contributed by atoms with Gasteiger partial charge in [0.2, 0.25) is 0 Å². The van der Waals surface area contributed by atoms with Crippen LogP contribution in [-0.4, -0.2) is 15.6 Å². The summed E-state index contributed by atoms with van der Waals surface area (Å²) in [6.45, 7) is 1.43. The molecule has 2 rings (SSSR count). The van der Waals surface area contributed by atoms with Crippen molar-refractivity contribution in [2.45, 2.75) is 16.7 Å². The Bertz CT molecular complexity index is 565. The molecule has 0 unspecified atom stereocenters. The van der Waals surface area contributed by atoms with Crippen LogP contribution in [0.25, 0.3) is 0 Å². The minimum absolute atomic E-state index is 0.143. The molecule has 0 aliphatic heterocycles. The molecule has 0 amide bonds. The number of Topliss-reactive ketones (excluding diaryl/α,β-unsaturated/α-hetero) is 1. The number of benzene rings is 1. The van der Waals surface area contributed by atoms with Crippen molar-refractivity contribution < 1.29 is 9.18 Å². The highest BCUT2D eigenvalue weighted by Gasteiger charge is 2.13. The summed E-state index contributed by atoms with van der Waals surface area (Å²) < 4.78 is 15.3. The van der Waals surface area contributed by atoms with Gasteiger partial charge in [-0.1, -0.05) is 23.9 Å². The smallest absolute Gasteiger partial charge is 0.161 e. The summed E-state index contributed by atoms with van der Waals surface area (Å²) in [6, 6.07) is 4.52. The van der Waals surface area contributed by atoms with Crippen LogP contribution in [0, 0.1) is 5.82 Å². The quantitative estimate of drug-likeness (QED) is 0.786. The first-order valence-corrected chi connectivity index (χ1v) is 5.85. The first-order chi connectivity index (χ1) is 8.08. The van der Waals surface area contributed by atoms with Gasteiger partial charge in [-0.25, -0.2) is 4.39 Å². The van der Waals surface area contributed by atoms with E-state index < -0.39 is 0 Å². The number of carbonyl (C=O) groups is 1. The Kier molecular flexibility index (Phi) is 3.28. The third kappa shape index (κ3) is 2.55. The van der Waals surface area contributed by atoms with Crippen molar-refractivity contribution in [2.75, 3.05) is 0 Å². The van der Waals surface area contributed by atoms with E-state index in [1.54, 1.807) is 36.3 Å². The van der Waals surface area contributed by atoms with Crippen molar-refractivity contribution in [3.8, 4) is 0 Å². The van der Waals surface area contributed by atoms with Gasteiger partial charge in [0, 0.05) is 18.8 Å². The third-order valence-electron chi connectivity index (χ3n) is 2.25. The third-order valence-corrected chi connectivity index (χ3v) is 3.31. The minimum Gasteiger partial charge on any atom is -0.294 e. The zero-order valence-electron chi connectivity index (χ0n) is 9.48. The van der Waals surface area contributed by atoms with Crippen molar-refractivity contribution in [1.82, 2.24) is 9.78 Å². The van der Waals surface area contributed by atoms with E-state index in [1.165, 1.54) is 24.8 Å². The van der Waals surface area contributed by atoms with E-state index in [0.29, 0.717) is 10.5 Å². The fourth-order valence-electron chi connectivity index (χ4n) is 1.46. The number of aromatic nitrogens is 2. The molecular formula is C12H11FN2OS. The lowest BCUT2D eigenvalue weighted by Crippen LogP contribution is -1.97. The maximum atomic E-state index is 13.7. The largest absolute Gasteiger partial charge is 0.294 e. The van der Waals surface area contributed by atoms with Crippen LogP contribution in [0.2, 0.25) is 0 Å². The fraction of sp³-hybridized carbons (Fsp3) is 0.167. The van der Waals surface area contributed by atoms with E-state index in [2.05, 4.69) is 5.10 Å². The molecule has 0 spiro atoms. The van der Waals surface area contributed by atoms with Crippen LogP contribution in [-0.2, 0) is 7.05 Å². The first-order valence-electron chi connectivity index (χ1n) is 5.04. The Morgan fingerprint density at radius 3 is 2.82 bits per heavy atom. The standard InChI is InChI=1S/C12H11FN2OS/c1-8(16)10-4-3-5-11(13)12(10)17-9-6-14-15(2)7-9/h3-7H,1-2H3. The van der Waals surface area contributed by atoms with Gasteiger partial charge in [0.25, 0.3) is 0 Å². The molecular weight excluding hydrogens is 239 g/mol. The summed E-state index contributed by atoms with van der Waals surface area (Å²) in [5.41, 5.74) is 0.402. The zero-order chi connectivity index (χ0) is 12.4. The predicted molar refractivity (Wildman–Crippen MR) is 63.7 cm³/mol. The van der Waals surface area contributed by atoms with Gasteiger partial charge in [0.05, 0.1) is 16.0 Å². The SMILES string of the molecule is CC(=O)c1cccc(F)c1Sc1cnn(C)c1. The van der Waals surface area contributed by atoms with Crippen LogP contribution >= 0.6 is 11.8 Å². The molecule has 0 bridgehead atoms. The Labute approximate surface area is 103 Å². The molecule has 0 atom stereocenters. The molecule has 0 aliphatic carbocycles. The van der Waals surface area contributed by atoms with E-state index in [0.717, 1.165) is 4.90 Å². The number of carbonyl (C=O) groups excluding carboxylic acids is 1. The highest BCUT2D eigenvalue weighted by Crippen LogP contribution is 2.32. The van der Waals surface area contributed by atoms with Crippen LogP contribution in [0.3, 0.4) is 0 Å². The van der Waals surface area contributed by atoms with Crippen molar-refractivity contribution in [1.29, 1.82) is 0 Å². The Balaban J connectivity index is 2.40. The summed E-state index contributed by atoms with van der Waals surface area (Å²) in [6.07, 6.45) is 3.42. The molecule has 3 nitrogen and oxygen atoms in total. The summed E-state index contributed by atoms with van der Waals surface area (Å²) in [7, 11) is 1.79. The van der Waals surface area contributed by atoms with E-state index in [4.69, 9.17) is 0 Å². The highest BCUT2D eigenvalue weighted by atomic mass is 32.2. The molecule has 0 N–H and O–H groups in total. The Morgan fingerprint density at radius 2 is 2.24 bits per heavy atom. The lowest BCUT2D eigenvalue weighted by Gasteiger charge is -2.05. The molecule has 5 heteroatoms. The lowest BCUT2D eigenvalue weighted by molar-refractivity contribution is 0.101. The van der Waals surface area contributed by atoms with Gasteiger partial charge in [0.1, 0.15) is 5.82 Å². The second kappa shape index (κ2) is 4.71. The molecule has 2 aromatic rings. The van der Waals surface area contributed by atoms with Gasteiger partial charge in [-0.05, 0) is 13.0 Å².